The fourth-order valence-corrected chi connectivity index (χ4v) is 1.39. The SMILES string of the molecule is CC(C)(OCc1ccccc1)[C@@H]1CO1. The number of ether oxygens (including phenoxy) is 2. The zero-order valence-corrected chi connectivity index (χ0v) is 8.69. The number of epoxide rings is 1. The summed E-state index contributed by atoms with van der Waals surface area (Å²) in [6.07, 6.45) is 0.284. The van der Waals surface area contributed by atoms with E-state index in [2.05, 4.69) is 26.0 Å². The molecule has 1 saturated heterocycles. The van der Waals surface area contributed by atoms with E-state index in [0.29, 0.717) is 6.61 Å². The van der Waals surface area contributed by atoms with Crippen LogP contribution in [0.5, 0.6) is 0 Å². The molecule has 1 aromatic rings. The summed E-state index contributed by atoms with van der Waals surface area (Å²) < 4.78 is 11.1. The lowest BCUT2D eigenvalue weighted by molar-refractivity contribution is -0.0471. The smallest absolute Gasteiger partial charge is 0.109 e. The van der Waals surface area contributed by atoms with Crippen LogP contribution in [0, 0.1) is 0 Å². The Morgan fingerprint density at radius 3 is 2.57 bits per heavy atom. The van der Waals surface area contributed by atoms with Crippen LogP contribution in [0.3, 0.4) is 0 Å². The minimum absolute atomic E-state index is 0.157. The maximum atomic E-state index is 5.81. The standard InChI is InChI=1S/C12H16O2/c1-12(2,11-9-13-11)14-8-10-6-4-3-5-7-10/h3-7,11H,8-9H2,1-2H3/t11-/m0/s1. The highest BCUT2D eigenvalue weighted by Crippen LogP contribution is 2.28. The molecule has 0 amide bonds. The molecule has 0 N–H and O–H groups in total. The van der Waals surface area contributed by atoms with E-state index in [9.17, 15) is 0 Å². The number of hydrogen-bond donors (Lipinski definition) is 0. The molecule has 0 aromatic heterocycles. The Bertz CT molecular complexity index is 288. The summed E-state index contributed by atoms with van der Waals surface area (Å²) in [5, 5.41) is 0. The zero-order chi connectivity index (χ0) is 10.0. The largest absolute Gasteiger partial charge is 0.370 e. The average Bonchev–Trinajstić information content (AvgIpc) is 3.00. The molecule has 1 aromatic carbocycles. The second kappa shape index (κ2) is 3.71. The average molecular weight is 192 g/mol. The minimum atomic E-state index is -0.157. The molecule has 1 heterocycles. The topological polar surface area (TPSA) is 21.8 Å². The van der Waals surface area contributed by atoms with Crippen molar-refractivity contribution in [1.82, 2.24) is 0 Å². The lowest BCUT2D eigenvalue weighted by Crippen LogP contribution is -2.31. The van der Waals surface area contributed by atoms with E-state index in [-0.39, 0.29) is 11.7 Å². The van der Waals surface area contributed by atoms with Crippen LogP contribution in [-0.2, 0) is 16.1 Å². The predicted octanol–water partition coefficient (Wildman–Crippen LogP) is 2.38. The van der Waals surface area contributed by atoms with Gasteiger partial charge in [-0.3, -0.25) is 0 Å². The van der Waals surface area contributed by atoms with Crippen molar-refractivity contribution in [1.29, 1.82) is 0 Å². The highest BCUT2D eigenvalue weighted by Gasteiger charge is 2.40. The van der Waals surface area contributed by atoms with Gasteiger partial charge in [0.15, 0.2) is 0 Å². The molecule has 0 saturated carbocycles. The highest BCUT2D eigenvalue weighted by molar-refractivity contribution is 5.13. The van der Waals surface area contributed by atoms with E-state index in [1.807, 2.05) is 18.2 Å². The van der Waals surface area contributed by atoms with Crippen LogP contribution >= 0.6 is 0 Å². The molecule has 0 bridgehead atoms. The molecular formula is C12H16O2. The number of benzene rings is 1. The molecule has 1 aliphatic rings. The molecule has 0 spiro atoms. The minimum Gasteiger partial charge on any atom is -0.370 e. The Hall–Kier alpha value is -0.860. The van der Waals surface area contributed by atoms with Crippen molar-refractivity contribution in [3.05, 3.63) is 35.9 Å². The fraction of sp³-hybridized carbons (Fsp3) is 0.500. The van der Waals surface area contributed by atoms with Crippen molar-refractivity contribution in [3.63, 3.8) is 0 Å². The van der Waals surface area contributed by atoms with Crippen LogP contribution in [0.15, 0.2) is 30.3 Å². The van der Waals surface area contributed by atoms with Crippen LogP contribution in [-0.4, -0.2) is 18.3 Å². The Morgan fingerprint density at radius 2 is 2.00 bits per heavy atom. The van der Waals surface area contributed by atoms with Gasteiger partial charge in [-0.15, -0.1) is 0 Å². The third-order valence-corrected chi connectivity index (χ3v) is 2.56. The number of rotatable bonds is 4. The summed E-state index contributed by atoms with van der Waals surface area (Å²) >= 11 is 0. The molecule has 1 aliphatic heterocycles. The summed E-state index contributed by atoms with van der Waals surface area (Å²) in [5.74, 6) is 0. The van der Waals surface area contributed by atoms with Gasteiger partial charge in [-0.1, -0.05) is 30.3 Å². The Labute approximate surface area is 84.8 Å². The Kier molecular flexibility index (Phi) is 2.57. The third kappa shape index (κ3) is 2.34. The summed E-state index contributed by atoms with van der Waals surface area (Å²) in [4.78, 5) is 0. The summed E-state index contributed by atoms with van der Waals surface area (Å²) in [6, 6.07) is 10.2. The van der Waals surface area contributed by atoms with Crippen LogP contribution in [0.1, 0.15) is 19.4 Å². The first-order valence-corrected chi connectivity index (χ1v) is 4.98. The van der Waals surface area contributed by atoms with Gasteiger partial charge in [0, 0.05) is 0 Å². The van der Waals surface area contributed by atoms with E-state index in [1.165, 1.54) is 5.56 Å². The van der Waals surface area contributed by atoms with Crippen LogP contribution in [0.2, 0.25) is 0 Å². The second-order valence-corrected chi connectivity index (χ2v) is 4.20. The van der Waals surface area contributed by atoms with Gasteiger partial charge in [0.1, 0.15) is 6.10 Å². The third-order valence-electron chi connectivity index (χ3n) is 2.56. The van der Waals surface area contributed by atoms with E-state index in [0.717, 1.165) is 6.61 Å². The first-order chi connectivity index (χ1) is 6.68. The van der Waals surface area contributed by atoms with Crippen molar-refractivity contribution in [3.8, 4) is 0 Å². The molecule has 0 unspecified atom stereocenters. The first kappa shape index (κ1) is 9.69. The van der Waals surface area contributed by atoms with E-state index >= 15 is 0 Å². The lowest BCUT2D eigenvalue weighted by atomic mass is 10.1. The van der Waals surface area contributed by atoms with Gasteiger partial charge in [0.25, 0.3) is 0 Å². The molecule has 1 fully saturated rings. The van der Waals surface area contributed by atoms with Gasteiger partial charge in [0.05, 0.1) is 18.8 Å². The molecule has 76 valence electrons. The van der Waals surface area contributed by atoms with Crippen LogP contribution in [0.25, 0.3) is 0 Å². The highest BCUT2D eigenvalue weighted by atomic mass is 16.6. The van der Waals surface area contributed by atoms with Gasteiger partial charge < -0.3 is 9.47 Å². The Balaban J connectivity index is 1.87. The van der Waals surface area contributed by atoms with E-state index in [1.54, 1.807) is 0 Å². The molecule has 14 heavy (non-hydrogen) atoms. The van der Waals surface area contributed by atoms with E-state index in [4.69, 9.17) is 9.47 Å². The van der Waals surface area contributed by atoms with Gasteiger partial charge in [0.2, 0.25) is 0 Å². The molecule has 0 aliphatic carbocycles. The summed E-state index contributed by atoms with van der Waals surface area (Å²) in [5.41, 5.74) is 1.05. The monoisotopic (exact) mass is 192 g/mol. The normalized spacial score (nSPS) is 20.9. The van der Waals surface area contributed by atoms with Crippen molar-refractivity contribution < 1.29 is 9.47 Å². The van der Waals surface area contributed by atoms with Crippen molar-refractivity contribution in [2.24, 2.45) is 0 Å². The fourth-order valence-electron chi connectivity index (χ4n) is 1.39. The molecule has 1 atom stereocenters. The molecule has 0 radical (unpaired) electrons. The van der Waals surface area contributed by atoms with Crippen molar-refractivity contribution >= 4 is 0 Å². The van der Waals surface area contributed by atoms with Gasteiger partial charge in [-0.25, -0.2) is 0 Å². The summed E-state index contributed by atoms with van der Waals surface area (Å²) in [7, 11) is 0. The maximum absolute atomic E-state index is 5.81. The van der Waals surface area contributed by atoms with Crippen LogP contribution in [0.4, 0.5) is 0 Å². The van der Waals surface area contributed by atoms with Crippen LogP contribution < -0.4 is 0 Å². The number of hydrogen-bond acceptors (Lipinski definition) is 2. The molecular weight excluding hydrogens is 176 g/mol. The Morgan fingerprint density at radius 1 is 1.36 bits per heavy atom. The van der Waals surface area contributed by atoms with Gasteiger partial charge in [-0.05, 0) is 19.4 Å². The lowest BCUT2D eigenvalue weighted by Gasteiger charge is -2.23. The van der Waals surface area contributed by atoms with E-state index < -0.39 is 0 Å². The molecule has 2 heteroatoms. The first-order valence-electron chi connectivity index (χ1n) is 4.98. The van der Waals surface area contributed by atoms with Gasteiger partial charge >= 0.3 is 0 Å². The van der Waals surface area contributed by atoms with Crippen molar-refractivity contribution in [2.75, 3.05) is 6.61 Å². The second-order valence-electron chi connectivity index (χ2n) is 4.20. The quantitative estimate of drug-likeness (QED) is 0.683. The zero-order valence-electron chi connectivity index (χ0n) is 8.69. The van der Waals surface area contributed by atoms with Gasteiger partial charge in [-0.2, -0.15) is 0 Å². The molecule has 2 nitrogen and oxygen atoms in total. The predicted molar refractivity (Wildman–Crippen MR) is 55.1 cm³/mol. The maximum Gasteiger partial charge on any atom is 0.109 e. The summed E-state index contributed by atoms with van der Waals surface area (Å²) in [6.45, 7) is 5.65. The van der Waals surface area contributed by atoms with Crippen molar-refractivity contribution in [2.45, 2.75) is 32.2 Å². The molecule has 2 rings (SSSR count).